The average Bonchev–Trinajstić information content (AvgIpc) is 2.02. The molecule has 0 N–H and O–H groups in total. The molecule has 0 unspecified atom stereocenters. The van der Waals surface area contributed by atoms with E-state index >= 15 is 0 Å². The molecule has 0 spiro atoms. The maximum Gasteiger partial charge on any atom is 0.283 e. The highest BCUT2D eigenvalue weighted by molar-refractivity contribution is 8.13. The van der Waals surface area contributed by atoms with Gasteiger partial charge in [-0.1, -0.05) is 23.4 Å². The number of nitrogens with zero attached hydrogens (tertiary/aromatic N) is 1. The normalized spacial score (nSPS) is 18.2. The van der Waals surface area contributed by atoms with Gasteiger partial charge >= 0.3 is 0 Å². The highest BCUT2D eigenvalue weighted by atomic mass is 35.5. The molecule has 13 heavy (non-hydrogen) atoms. The average molecular weight is 234 g/mol. The van der Waals surface area contributed by atoms with Gasteiger partial charge in [-0.05, 0) is 18.2 Å². The molecule has 6 heteroatoms. The van der Waals surface area contributed by atoms with Crippen LogP contribution in [0.25, 0.3) is 0 Å². The van der Waals surface area contributed by atoms with E-state index in [4.69, 9.17) is 11.6 Å². The standard InChI is InChI=1S/C7H4ClNO2S2/c8-5-1-2-7-6(3-5)12-4-9-13(7,10)11/h1-4H. The summed E-state index contributed by atoms with van der Waals surface area (Å²) >= 11 is 6.97. The largest absolute Gasteiger partial charge is 0.283 e. The summed E-state index contributed by atoms with van der Waals surface area (Å²) in [4.78, 5) is 0.854. The van der Waals surface area contributed by atoms with E-state index in [1.54, 1.807) is 12.1 Å². The van der Waals surface area contributed by atoms with Crippen LogP contribution in [0.15, 0.2) is 32.4 Å². The van der Waals surface area contributed by atoms with Crippen molar-refractivity contribution in [3.8, 4) is 0 Å². The Hall–Kier alpha value is -0.520. The Morgan fingerprint density at radius 2 is 2.15 bits per heavy atom. The molecule has 0 aliphatic carbocycles. The minimum absolute atomic E-state index is 0.226. The first-order chi connectivity index (χ1) is 6.09. The van der Waals surface area contributed by atoms with E-state index in [1.807, 2.05) is 0 Å². The van der Waals surface area contributed by atoms with E-state index in [1.165, 1.54) is 23.4 Å². The van der Waals surface area contributed by atoms with Gasteiger partial charge < -0.3 is 0 Å². The predicted octanol–water partition coefficient (Wildman–Crippen LogP) is 2.16. The molecular weight excluding hydrogens is 230 g/mol. The molecule has 0 bridgehead atoms. The smallest absolute Gasteiger partial charge is 0.199 e. The molecule has 0 saturated carbocycles. The van der Waals surface area contributed by atoms with Crippen molar-refractivity contribution < 1.29 is 8.42 Å². The third-order valence-electron chi connectivity index (χ3n) is 1.55. The van der Waals surface area contributed by atoms with Crippen LogP contribution in [0, 0.1) is 0 Å². The Morgan fingerprint density at radius 1 is 1.38 bits per heavy atom. The van der Waals surface area contributed by atoms with Crippen molar-refractivity contribution in [3.05, 3.63) is 23.2 Å². The number of hydrogen-bond acceptors (Lipinski definition) is 3. The Labute approximate surface area is 84.9 Å². The van der Waals surface area contributed by atoms with E-state index in [9.17, 15) is 8.42 Å². The number of fused-ring (bicyclic) bond motifs is 1. The summed E-state index contributed by atoms with van der Waals surface area (Å²) in [6, 6.07) is 4.63. The van der Waals surface area contributed by atoms with Gasteiger partial charge in [0, 0.05) is 9.92 Å². The lowest BCUT2D eigenvalue weighted by molar-refractivity contribution is 0.596. The first-order valence-corrected chi connectivity index (χ1v) is 6.04. The van der Waals surface area contributed by atoms with Gasteiger partial charge in [0.2, 0.25) is 0 Å². The molecule has 0 fully saturated rings. The molecule has 0 radical (unpaired) electrons. The summed E-state index contributed by atoms with van der Waals surface area (Å²) in [5.74, 6) is 0. The third-order valence-corrected chi connectivity index (χ3v) is 4.14. The lowest BCUT2D eigenvalue weighted by Gasteiger charge is -2.08. The van der Waals surface area contributed by atoms with Crippen molar-refractivity contribution in [2.24, 2.45) is 4.40 Å². The lowest BCUT2D eigenvalue weighted by atomic mass is 10.4. The highest BCUT2D eigenvalue weighted by Crippen LogP contribution is 2.32. The maximum atomic E-state index is 11.3. The van der Waals surface area contributed by atoms with Crippen LogP contribution in [-0.4, -0.2) is 14.0 Å². The second-order valence-corrected chi connectivity index (χ2v) is 5.32. The van der Waals surface area contributed by atoms with E-state index in [2.05, 4.69) is 4.40 Å². The van der Waals surface area contributed by atoms with Crippen molar-refractivity contribution in [2.75, 3.05) is 0 Å². The van der Waals surface area contributed by atoms with Gasteiger partial charge in [0.1, 0.15) is 4.90 Å². The number of rotatable bonds is 0. The molecule has 0 amide bonds. The number of thioether (sulfide) groups is 1. The summed E-state index contributed by atoms with van der Waals surface area (Å²) in [5, 5.41) is 0.525. The van der Waals surface area contributed by atoms with E-state index in [0.29, 0.717) is 9.92 Å². The van der Waals surface area contributed by atoms with Crippen molar-refractivity contribution in [1.82, 2.24) is 0 Å². The van der Waals surface area contributed by atoms with E-state index < -0.39 is 10.0 Å². The zero-order valence-corrected chi connectivity index (χ0v) is 8.66. The molecule has 2 rings (SSSR count). The lowest BCUT2D eigenvalue weighted by Crippen LogP contribution is -2.02. The molecular formula is C7H4ClNO2S2. The number of halogens is 1. The van der Waals surface area contributed by atoms with Crippen molar-refractivity contribution in [3.63, 3.8) is 0 Å². The zero-order valence-electron chi connectivity index (χ0n) is 6.27. The van der Waals surface area contributed by atoms with Crippen LogP contribution in [0.3, 0.4) is 0 Å². The molecule has 1 aliphatic rings. The van der Waals surface area contributed by atoms with Gasteiger partial charge in [0.15, 0.2) is 0 Å². The second kappa shape index (κ2) is 3.01. The Morgan fingerprint density at radius 3 is 2.92 bits per heavy atom. The van der Waals surface area contributed by atoms with Gasteiger partial charge in [-0.15, -0.1) is 0 Å². The van der Waals surface area contributed by atoms with E-state index in [0.717, 1.165) is 0 Å². The summed E-state index contributed by atoms with van der Waals surface area (Å²) in [6.45, 7) is 0. The van der Waals surface area contributed by atoms with Crippen LogP contribution in [0.2, 0.25) is 5.02 Å². The van der Waals surface area contributed by atoms with Crippen LogP contribution in [0.1, 0.15) is 0 Å². The Balaban J connectivity index is 2.72. The van der Waals surface area contributed by atoms with Crippen LogP contribution >= 0.6 is 23.4 Å². The second-order valence-electron chi connectivity index (χ2n) is 2.39. The van der Waals surface area contributed by atoms with E-state index in [-0.39, 0.29) is 4.90 Å². The minimum atomic E-state index is -3.47. The van der Waals surface area contributed by atoms with Gasteiger partial charge in [0.05, 0.1) is 5.55 Å². The minimum Gasteiger partial charge on any atom is -0.199 e. The molecule has 68 valence electrons. The SMILES string of the molecule is O=S1(=O)N=CSc2cc(Cl)ccc21. The first-order valence-electron chi connectivity index (χ1n) is 3.35. The van der Waals surface area contributed by atoms with Gasteiger partial charge in [0.25, 0.3) is 10.0 Å². The van der Waals surface area contributed by atoms with Crippen molar-refractivity contribution in [2.45, 2.75) is 9.79 Å². The summed E-state index contributed by atoms with van der Waals surface area (Å²) in [5.41, 5.74) is 1.30. The Kier molecular flexibility index (Phi) is 2.09. The van der Waals surface area contributed by atoms with Gasteiger partial charge in [-0.2, -0.15) is 12.8 Å². The van der Waals surface area contributed by atoms with Crippen molar-refractivity contribution >= 4 is 38.9 Å². The molecule has 1 aromatic rings. The fourth-order valence-corrected chi connectivity index (χ4v) is 3.46. The van der Waals surface area contributed by atoms with Gasteiger partial charge in [-0.25, -0.2) is 0 Å². The number of sulfonamides is 1. The fourth-order valence-electron chi connectivity index (χ4n) is 0.979. The van der Waals surface area contributed by atoms with Crippen LogP contribution in [0.5, 0.6) is 0 Å². The van der Waals surface area contributed by atoms with Crippen LogP contribution in [0.4, 0.5) is 0 Å². The maximum absolute atomic E-state index is 11.3. The summed E-state index contributed by atoms with van der Waals surface area (Å²) < 4.78 is 26.1. The first kappa shape index (κ1) is 9.05. The zero-order chi connectivity index (χ0) is 9.47. The van der Waals surface area contributed by atoms with Gasteiger partial charge in [-0.3, -0.25) is 0 Å². The molecule has 0 aromatic heterocycles. The van der Waals surface area contributed by atoms with Crippen LogP contribution < -0.4 is 0 Å². The molecule has 0 saturated heterocycles. The molecule has 0 atom stereocenters. The third kappa shape index (κ3) is 1.59. The topological polar surface area (TPSA) is 46.5 Å². The predicted molar refractivity (Wildman–Crippen MR) is 53.0 cm³/mol. The molecule has 1 aromatic carbocycles. The molecule has 1 heterocycles. The van der Waals surface area contributed by atoms with Crippen LogP contribution in [-0.2, 0) is 10.0 Å². The summed E-state index contributed by atoms with van der Waals surface area (Å²) in [7, 11) is -3.47. The molecule has 3 nitrogen and oxygen atoms in total. The summed E-state index contributed by atoms with van der Waals surface area (Å²) in [6.07, 6.45) is 0. The monoisotopic (exact) mass is 233 g/mol. The number of benzene rings is 1. The quantitative estimate of drug-likeness (QED) is 0.690. The molecule has 1 aliphatic heterocycles. The Bertz CT molecular complexity index is 481. The fraction of sp³-hybridized carbons (Fsp3) is 0. The number of hydrogen-bond donors (Lipinski definition) is 0. The van der Waals surface area contributed by atoms with Crippen molar-refractivity contribution in [1.29, 1.82) is 0 Å². The highest BCUT2D eigenvalue weighted by Gasteiger charge is 2.20.